The highest BCUT2D eigenvalue weighted by molar-refractivity contribution is 5.86. The van der Waals surface area contributed by atoms with Gasteiger partial charge in [-0.3, -0.25) is 4.79 Å². The Morgan fingerprint density at radius 1 is 1.50 bits per heavy atom. The molecule has 1 fully saturated rings. The molecule has 5 nitrogen and oxygen atoms in total. The summed E-state index contributed by atoms with van der Waals surface area (Å²) in [4.78, 5) is 11.6. The maximum absolute atomic E-state index is 11.6. The third kappa shape index (κ3) is 2.94. The predicted molar refractivity (Wildman–Crippen MR) is 53.7 cm³/mol. The van der Waals surface area contributed by atoms with Gasteiger partial charge in [-0.25, -0.2) is 0 Å². The second kappa shape index (κ2) is 5.29. The number of unbranched alkanes of at least 4 members (excludes halogenated alkanes) is 1. The first-order chi connectivity index (χ1) is 6.69. The molecule has 0 saturated carbocycles. The minimum Gasteiger partial charge on any atom is -0.379 e. The number of hydrogen-bond acceptors (Lipinski definition) is 4. The van der Waals surface area contributed by atoms with E-state index < -0.39 is 5.54 Å². The van der Waals surface area contributed by atoms with E-state index in [4.69, 9.17) is 16.2 Å². The summed E-state index contributed by atoms with van der Waals surface area (Å²) in [7, 11) is 0. The van der Waals surface area contributed by atoms with E-state index in [0.29, 0.717) is 32.7 Å². The number of ether oxygens (including phenoxy) is 1. The molecule has 1 atom stereocenters. The lowest BCUT2D eigenvalue weighted by atomic mass is 9.99. The molecule has 0 aliphatic carbocycles. The number of carbonyl (C=O) groups is 1. The Morgan fingerprint density at radius 2 is 2.29 bits per heavy atom. The van der Waals surface area contributed by atoms with Gasteiger partial charge < -0.3 is 21.5 Å². The van der Waals surface area contributed by atoms with Gasteiger partial charge in [-0.15, -0.1) is 0 Å². The summed E-state index contributed by atoms with van der Waals surface area (Å²) in [5.41, 5.74) is 10.4. The molecule has 1 heterocycles. The van der Waals surface area contributed by atoms with Crippen LogP contribution in [0.15, 0.2) is 0 Å². The minimum atomic E-state index is -0.803. The molecule has 0 aromatic heterocycles. The van der Waals surface area contributed by atoms with Crippen molar-refractivity contribution >= 4 is 5.91 Å². The molecule has 0 bridgehead atoms. The number of amides is 1. The maximum atomic E-state index is 11.6. The van der Waals surface area contributed by atoms with E-state index in [0.717, 1.165) is 12.8 Å². The Morgan fingerprint density at radius 3 is 2.86 bits per heavy atom. The second-order valence-electron chi connectivity index (χ2n) is 3.71. The topological polar surface area (TPSA) is 90.4 Å². The van der Waals surface area contributed by atoms with Crippen molar-refractivity contribution in [1.29, 1.82) is 0 Å². The first-order valence-electron chi connectivity index (χ1n) is 5.04. The fourth-order valence-corrected chi connectivity index (χ4v) is 1.41. The largest absolute Gasteiger partial charge is 0.379 e. The zero-order chi connectivity index (χ0) is 10.4. The molecular formula is C9H19N3O2. The zero-order valence-electron chi connectivity index (χ0n) is 8.42. The van der Waals surface area contributed by atoms with Crippen LogP contribution in [0.3, 0.4) is 0 Å². The highest BCUT2D eigenvalue weighted by Gasteiger charge is 2.37. The molecule has 0 aromatic carbocycles. The fourth-order valence-electron chi connectivity index (χ4n) is 1.41. The lowest BCUT2D eigenvalue weighted by Crippen LogP contribution is -2.54. The molecule has 5 N–H and O–H groups in total. The number of nitrogens with two attached hydrogens (primary N) is 2. The van der Waals surface area contributed by atoms with Gasteiger partial charge in [0.25, 0.3) is 0 Å². The van der Waals surface area contributed by atoms with Crippen LogP contribution in [0.4, 0.5) is 0 Å². The molecule has 1 aliphatic heterocycles. The Balaban J connectivity index is 2.20. The Hall–Kier alpha value is -0.650. The summed E-state index contributed by atoms with van der Waals surface area (Å²) < 4.78 is 5.10. The van der Waals surface area contributed by atoms with Gasteiger partial charge in [0.05, 0.1) is 6.61 Å². The average molecular weight is 201 g/mol. The first kappa shape index (κ1) is 11.4. The van der Waals surface area contributed by atoms with Crippen LogP contribution in [-0.4, -0.2) is 37.7 Å². The molecule has 1 amide bonds. The summed E-state index contributed by atoms with van der Waals surface area (Å²) in [6, 6.07) is 0. The molecule has 0 radical (unpaired) electrons. The van der Waals surface area contributed by atoms with Gasteiger partial charge in [-0.05, 0) is 25.8 Å². The molecule has 1 rings (SSSR count). The van der Waals surface area contributed by atoms with E-state index in [9.17, 15) is 4.79 Å². The van der Waals surface area contributed by atoms with Crippen molar-refractivity contribution in [3.05, 3.63) is 0 Å². The van der Waals surface area contributed by atoms with Crippen molar-refractivity contribution in [3.8, 4) is 0 Å². The van der Waals surface area contributed by atoms with Crippen LogP contribution in [0.1, 0.15) is 19.3 Å². The Bertz CT molecular complexity index is 190. The minimum absolute atomic E-state index is 0.105. The lowest BCUT2D eigenvalue weighted by molar-refractivity contribution is -0.126. The molecule has 14 heavy (non-hydrogen) atoms. The first-order valence-corrected chi connectivity index (χ1v) is 5.04. The predicted octanol–water partition coefficient (Wildman–Crippen LogP) is -1.04. The van der Waals surface area contributed by atoms with Crippen LogP contribution in [0.2, 0.25) is 0 Å². The van der Waals surface area contributed by atoms with E-state index in [-0.39, 0.29) is 5.91 Å². The van der Waals surface area contributed by atoms with Gasteiger partial charge in [0, 0.05) is 13.2 Å². The van der Waals surface area contributed by atoms with Crippen LogP contribution in [-0.2, 0) is 9.53 Å². The summed E-state index contributed by atoms with van der Waals surface area (Å²) in [6.45, 7) is 2.21. The van der Waals surface area contributed by atoms with Gasteiger partial charge in [-0.1, -0.05) is 0 Å². The Labute approximate surface area is 84.2 Å². The molecule has 1 aliphatic rings. The van der Waals surface area contributed by atoms with Crippen LogP contribution in [0.25, 0.3) is 0 Å². The monoisotopic (exact) mass is 201 g/mol. The zero-order valence-corrected chi connectivity index (χ0v) is 8.42. The number of carbonyl (C=O) groups excluding carboxylic acids is 1. The van der Waals surface area contributed by atoms with Crippen molar-refractivity contribution in [2.24, 2.45) is 11.5 Å². The molecule has 1 unspecified atom stereocenters. The highest BCUT2D eigenvalue weighted by Crippen LogP contribution is 2.15. The van der Waals surface area contributed by atoms with E-state index >= 15 is 0 Å². The van der Waals surface area contributed by atoms with Gasteiger partial charge in [0.1, 0.15) is 5.54 Å². The van der Waals surface area contributed by atoms with Gasteiger partial charge in [0.2, 0.25) is 5.91 Å². The average Bonchev–Trinajstić information content (AvgIpc) is 2.61. The third-order valence-corrected chi connectivity index (χ3v) is 2.42. The van der Waals surface area contributed by atoms with E-state index in [2.05, 4.69) is 5.32 Å². The van der Waals surface area contributed by atoms with Crippen molar-refractivity contribution in [1.82, 2.24) is 5.32 Å². The summed E-state index contributed by atoms with van der Waals surface area (Å²) >= 11 is 0. The molecule has 0 aromatic rings. The molecule has 82 valence electrons. The summed E-state index contributed by atoms with van der Waals surface area (Å²) in [5, 5.41) is 2.80. The van der Waals surface area contributed by atoms with Crippen LogP contribution in [0.5, 0.6) is 0 Å². The number of rotatable bonds is 5. The molecule has 0 spiro atoms. The summed E-state index contributed by atoms with van der Waals surface area (Å²) in [5.74, 6) is -0.105. The van der Waals surface area contributed by atoms with Crippen molar-refractivity contribution in [2.75, 3.05) is 26.3 Å². The fraction of sp³-hybridized carbons (Fsp3) is 0.889. The van der Waals surface area contributed by atoms with E-state index in [1.165, 1.54) is 0 Å². The SMILES string of the molecule is NCCCCNC(=O)C1(N)CCOC1. The number of hydrogen-bond donors (Lipinski definition) is 3. The van der Waals surface area contributed by atoms with Crippen LogP contribution in [0, 0.1) is 0 Å². The van der Waals surface area contributed by atoms with Crippen LogP contribution < -0.4 is 16.8 Å². The molecular weight excluding hydrogens is 182 g/mol. The lowest BCUT2D eigenvalue weighted by Gasteiger charge is -2.20. The van der Waals surface area contributed by atoms with E-state index in [1.807, 2.05) is 0 Å². The van der Waals surface area contributed by atoms with Crippen molar-refractivity contribution in [2.45, 2.75) is 24.8 Å². The Kier molecular flexibility index (Phi) is 4.31. The van der Waals surface area contributed by atoms with E-state index in [1.54, 1.807) is 0 Å². The maximum Gasteiger partial charge on any atom is 0.242 e. The standard InChI is InChI=1S/C9H19N3O2/c10-4-1-2-5-12-8(13)9(11)3-6-14-7-9/h1-7,10-11H2,(H,12,13). The van der Waals surface area contributed by atoms with Crippen LogP contribution >= 0.6 is 0 Å². The van der Waals surface area contributed by atoms with Gasteiger partial charge in [-0.2, -0.15) is 0 Å². The summed E-state index contributed by atoms with van der Waals surface area (Å²) in [6.07, 6.45) is 2.43. The van der Waals surface area contributed by atoms with Gasteiger partial charge >= 0.3 is 0 Å². The van der Waals surface area contributed by atoms with Crippen molar-refractivity contribution < 1.29 is 9.53 Å². The molecule has 1 saturated heterocycles. The van der Waals surface area contributed by atoms with Gasteiger partial charge in [0.15, 0.2) is 0 Å². The molecule has 5 heteroatoms. The third-order valence-electron chi connectivity index (χ3n) is 2.42. The second-order valence-corrected chi connectivity index (χ2v) is 3.71. The normalized spacial score (nSPS) is 26.4. The highest BCUT2D eigenvalue weighted by atomic mass is 16.5. The van der Waals surface area contributed by atoms with Crippen molar-refractivity contribution in [3.63, 3.8) is 0 Å². The smallest absolute Gasteiger partial charge is 0.242 e. The number of nitrogens with one attached hydrogen (secondary N) is 1. The quantitative estimate of drug-likeness (QED) is 0.495.